The van der Waals surface area contributed by atoms with Crippen LogP contribution in [0.3, 0.4) is 0 Å². The lowest BCUT2D eigenvalue weighted by Gasteiger charge is -2.31. The Kier molecular flexibility index (Phi) is 5.00. The van der Waals surface area contributed by atoms with E-state index in [1.54, 1.807) is 16.5 Å². The van der Waals surface area contributed by atoms with E-state index < -0.39 is 0 Å². The van der Waals surface area contributed by atoms with E-state index in [1.165, 1.54) is 11.3 Å². The quantitative estimate of drug-likeness (QED) is 0.680. The maximum Gasteiger partial charge on any atom is 0.254 e. The first kappa shape index (κ1) is 17.8. The number of nitrogens with zero attached hydrogens (tertiary/aromatic N) is 4. The molecule has 1 N–H and O–H groups in total. The number of para-hydroxylation sites is 1. The number of anilines is 1. The van der Waals surface area contributed by atoms with Crippen LogP contribution in [-0.2, 0) is 4.79 Å². The maximum absolute atomic E-state index is 13.0. The molecular weight excluding hydrogens is 386 g/mol. The topological polar surface area (TPSA) is 88.1 Å². The monoisotopic (exact) mass is 401 g/mol. The van der Waals surface area contributed by atoms with Gasteiger partial charge in [0.05, 0.1) is 11.1 Å². The first-order valence-corrected chi connectivity index (χ1v) is 9.79. The van der Waals surface area contributed by atoms with Gasteiger partial charge in [0.2, 0.25) is 11.0 Å². The molecule has 4 rings (SSSR count). The number of amides is 2. The van der Waals surface area contributed by atoms with Gasteiger partial charge in [-0.05, 0) is 25.0 Å². The zero-order valence-corrected chi connectivity index (χ0v) is 15.8. The molecule has 0 saturated carbocycles. The first-order chi connectivity index (χ1) is 13.1. The smallest absolute Gasteiger partial charge is 0.254 e. The summed E-state index contributed by atoms with van der Waals surface area (Å²) in [6, 6.07) is 9.05. The van der Waals surface area contributed by atoms with Gasteiger partial charge in [-0.1, -0.05) is 41.1 Å². The van der Waals surface area contributed by atoms with Crippen molar-refractivity contribution in [2.24, 2.45) is 5.92 Å². The molecule has 0 atom stereocenters. The molecule has 7 nitrogen and oxygen atoms in total. The van der Waals surface area contributed by atoms with Gasteiger partial charge in [0, 0.05) is 24.4 Å². The molecule has 1 saturated heterocycles. The van der Waals surface area contributed by atoms with E-state index in [4.69, 9.17) is 11.6 Å². The molecule has 1 aromatic carbocycles. The standard InChI is InChI=1S/C18H16ClN5O2S/c19-15-9-13(12-3-1-2-4-14(12)21-15)17(26)24-7-5-11(6-8-24)16(25)22-18-23-20-10-27-18/h1-4,9-11H,5-8H2,(H,22,23,25). The predicted octanol–water partition coefficient (Wildman–Crippen LogP) is 3.23. The van der Waals surface area contributed by atoms with Crippen LogP contribution in [0.2, 0.25) is 5.15 Å². The van der Waals surface area contributed by atoms with Crippen molar-refractivity contribution in [3.8, 4) is 0 Å². The largest absolute Gasteiger partial charge is 0.339 e. The predicted molar refractivity (Wildman–Crippen MR) is 104 cm³/mol. The Morgan fingerprint density at radius 1 is 1.22 bits per heavy atom. The average molecular weight is 402 g/mol. The molecule has 0 aliphatic carbocycles. The Morgan fingerprint density at radius 2 is 2.00 bits per heavy atom. The second kappa shape index (κ2) is 7.58. The summed E-state index contributed by atoms with van der Waals surface area (Å²) < 4.78 is 0. The number of pyridine rings is 1. The summed E-state index contributed by atoms with van der Waals surface area (Å²) in [6.07, 6.45) is 1.21. The molecule has 1 aliphatic rings. The number of rotatable bonds is 3. The molecule has 2 amide bonds. The molecule has 9 heteroatoms. The zero-order valence-electron chi connectivity index (χ0n) is 14.3. The summed E-state index contributed by atoms with van der Waals surface area (Å²) in [7, 11) is 0. The minimum atomic E-state index is -0.143. The van der Waals surface area contributed by atoms with Crippen LogP contribution >= 0.6 is 22.9 Å². The van der Waals surface area contributed by atoms with Crippen LogP contribution in [0.4, 0.5) is 5.13 Å². The molecule has 27 heavy (non-hydrogen) atoms. The van der Waals surface area contributed by atoms with Crippen LogP contribution in [0.5, 0.6) is 0 Å². The molecule has 1 aliphatic heterocycles. The number of carbonyl (C=O) groups excluding carboxylic acids is 2. The first-order valence-electron chi connectivity index (χ1n) is 8.53. The second-order valence-electron chi connectivity index (χ2n) is 6.31. The van der Waals surface area contributed by atoms with Crippen LogP contribution < -0.4 is 5.32 Å². The summed E-state index contributed by atoms with van der Waals surface area (Å²) in [5.74, 6) is -0.301. The summed E-state index contributed by atoms with van der Waals surface area (Å²) in [5, 5.41) is 11.9. The summed E-state index contributed by atoms with van der Waals surface area (Å²) >= 11 is 7.38. The third-order valence-electron chi connectivity index (χ3n) is 4.66. The number of aromatic nitrogens is 3. The van der Waals surface area contributed by atoms with Gasteiger partial charge in [-0.3, -0.25) is 9.59 Å². The Balaban J connectivity index is 1.45. The van der Waals surface area contributed by atoms with Gasteiger partial charge in [-0.25, -0.2) is 4.98 Å². The van der Waals surface area contributed by atoms with E-state index in [0.29, 0.717) is 47.3 Å². The summed E-state index contributed by atoms with van der Waals surface area (Å²) in [5.41, 5.74) is 2.81. The molecule has 3 heterocycles. The van der Waals surface area contributed by atoms with Gasteiger partial charge in [-0.15, -0.1) is 10.2 Å². The maximum atomic E-state index is 13.0. The SMILES string of the molecule is O=C(Nc1nncs1)C1CCN(C(=O)c2cc(Cl)nc3ccccc23)CC1. The van der Waals surface area contributed by atoms with Crippen molar-refractivity contribution in [3.63, 3.8) is 0 Å². The number of nitrogens with one attached hydrogen (secondary N) is 1. The van der Waals surface area contributed by atoms with E-state index in [2.05, 4.69) is 20.5 Å². The van der Waals surface area contributed by atoms with E-state index in [-0.39, 0.29) is 17.7 Å². The van der Waals surface area contributed by atoms with Crippen LogP contribution in [0.25, 0.3) is 10.9 Å². The van der Waals surface area contributed by atoms with Gasteiger partial charge in [0.25, 0.3) is 5.91 Å². The molecule has 0 radical (unpaired) electrons. The number of hydrogen-bond donors (Lipinski definition) is 1. The Labute approximate surface area is 164 Å². The molecule has 0 unspecified atom stereocenters. The lowest BCUT2D eigenvalue weighted by Crippen LogP contribution is -2.41. The second-order valence-corrected chi connectivity index (χ2v) is 7.53. The molecule has 138 valence electrons. The van der Waals surface area contributed by atoms with Crippen molar-refractivity contribution in [2.75, 3.05) is 18.4 Å². The van der Waals surface area contributed by atoms with Gasteiger partial charge in [0.15, 0.2) is 0 Å². The van der Waals surface area contributed by atoms with Gasteiger partial charge >= 0.3 is 0 Å². The minimum Gasteiger partial charge on any atom is -0.339 e. The Bertz CT molecular complexity index is 987. The zero-order chi connectivity index (χ0) is 18.8. The van der Waals surface area contributed by atoms with E-state index in [0.717, 1.165) is 5.39 Å². The van der Waals surface area contributed by atoms with E-state index in [9.17, 15) is 9.59 Å². The van der Waals surface area contributed by atoms with Crippen molar-refractivity contribution in [1.82, 2.24) is 20.1 Å². The van der Waals surface area contributed by atoms with E-state index in [1.807, 2.05) is 24.3 Å². The van der Waals surface area contributed by atoms with Crippen LogP contribution in [0.1, 0.15) is 23.2 Å². The molecular formula is C18H16ClN5O2S. The highest BCUT2D eigenvalue weighted by molar-refractivity contribution is 7.13. The highest BCUT2D eigenvalue weighted by Gasteiger charge is 2.29. The lowest BCUT2D eigenvalue weighted by molar-refractivity contribution is -0.121. The minimum absolute atomic E-state index is 0.0729. The van der Waals surface area contributed by atoms with Gasteiger partial charge in [0.1, 0.15) is 10.7 Å². The van der Waals surface area contributed by atoms with Crippen LogP contribution in [0.15, 0.2) is 35.8 Å². The third-order valence-corrected chi connectivity index (χ3v) is 5.46. The number of benzene rings is 1. The van der Waals surface area contributed by atoms with Gasteiger partial charge < -0.3 is 10.2 Å². The molecule has 0 spiro atoms. The summed E-state index contributed by atoms with van der Waals surface area (Å²) in [6.45, 7) is 1.03. The van der Waals surface area contributed by atoms with Crippen LogP contribution in [0, 0.1) is 5.92 Å². The van der Waals surface area contributed by atoms with Crippen molar-refractivity contribution >= 4 is 50.8 Å². The highest BCUT2D eigenvalue weighted by Crippen LogP contribution is 2.25. The number of fused-ring (bicyclic) bond motifs is 1. The number of halogens is 1. The van der Waals surface area contributed by atoms with Crippen LogP contribution in [-0.4, -0.2) is 45.0 Å². The number of likely N-dealkylation sites (tertiary alicyclic amines) is 1. The number of piperidine rings is 1. The fourth-order valence-corrected chi connectivity index (χ4v) is 3.92. The fraction of sp³-hybridized carbons (Fsp3) is 0.278. The van der Waals surface area contributed by atoms with Crippen molar-refractivity contribution in [3.05, 3.63) is 46.6 Å². The lowest BCUT2D eigenvalue weighted by atomic mass is 9.95. The van der Waals surface area contributed by atoms with Gasteiger partial charge in [-0.2, -0.15) is 0 Å². The normalized spacial score (nSPS) is 15.1. The number of carbonyl (C=O) groups is 2. The highest BCUT2D eigenvalue weighted by atomic mass is 35.5. The molecule has 3 aromatic rings. The molecule has 0 bridgehead atoms. The Morgan fingerprint density at radius 3 is 2.74 bits per heavy atom. The van der Waals surface area contributed by atoms with Crippen molar-refractivity contribution in [1.29, 1.82) is 0 Å². The average Bonchev–Trinajstić information content (AvgIpc) is 3.20. The van der Waals surface area contributed by atoms with Crippen molar-refractivity contribution < 1.29 is 9.59 Å². The molecule has 1 fully saturated rings. The van der Waals surface area contributed by atoms with Crippen molar-refractivity contribution in [2.45, 2.75) is 12.8 Å². The number of hydrogen-bond acceptors (Lipinski definition) is 6. The van der Waals surface area contributed by atoms with E-state index >= 15 is 0 Å². The Hall–Kier alpha value is -2.58. The fourth-order valence-electron chi connectivity index (χ4n) is 3.27. The molecule has 2 aromatic heterocycles. The summed E-state index contributed by atoms with van der Waals surface area (Å²) in [4.78, 5) is 31.4. The third kappa shape index (κ3) is 3.77.